The van der Waals surface area contributed by atoms with Crippen molar-refractivity contribution in [2.75, 3.05) is 20.6 Å². The van der Waals surface area contributed by atoms with E-state index in [1.54, 1.807) is 14.1 Å². The van der Waals surface area contributed by atoms with Crippen LogP contribution in [0.25, 0.3) is 0 Å². The normalized spacial score (nSPS) is 9.94. The van der Waals surface area contributed by atoms with Crippen LogP contribution < -0.4 is 9.67 Å². The van der Waals surface area contributed by atoms with Crippen molar-refractivity contribution in [2.24, 2.45) is 7.05 Å². The Labute approximate surface area is 103 Å². The highest BCUT2D eigenvalue weighted by Crippen LogP contribution is 1.91. The number of likely N-dealkylation sites (N-methyl/N-ethyl adjacent to an activating group) is 1. The molecule has 0 atom stereocenters. The molecule has 0 aliphatic heterocycles. The first kappa shape index (κ1) is 15.6. The van der Waals surface area contributed by atoms with Gasteiger partial charge in [0.25, 0.3) is 0 Å². The van der Waals surface area contributed by atoms with E-state index in [1.807, 2.05) is 7.05 Å². The van der Waals surface area contributed by atoms with Gasteiger partial charge in [-0.25, -0.2) is 9.13 Å². The van der Waals surface area contributed by atoms with Gasteiger partial charge in [-0.2, -0.15) is 0 Å². The molecule has 0 amide bonds. The van der Waals surface area contributed by atoms with Crippen molar-refractivity contribution in [3.8, 4) is 0 Å². The standard InChI is InChI=1S/C8H15N2.C4H9NO2/c1-3-4-5-10-7-6-9(2)8-10;1-5(2)3-4(6)7/h6-8H,3-5H2,1-2H3;3H2,1-2H3,(H,6,7)/q+1;/p-1. The number of imidazole rings is 1. The average molecular weight is 241 g/mol. The van der Waals surface area contributed by atoms with Gasteiger partial charge in [0, 0.05) is 6.54 Å². The van der Waals surface area contributed by atoms with Gasteiger partial charge in [-0.05, 0) is 20.5 Å². The van der Waals surface area contributed by atoms with Crippen molar-refractivity contribution in [3.63, 3.8) is 0 Å². The third-order valence-electron chi connectivity index (χ3n) is 2.04. The van der Waals surface area contributed by atoms with Gasteiger partial charge in [0.05, 0.1) is 19.6 Å². The highest BCUT2D eigenvalue weighted by molar-refractivity contribution is 5.66. The zero-order valence-electron chi connectivity index (χ0n) is 11.2. The summed E-state index contributed by atoms with van der Waals surface area (Å²) >= 11 is 0. The largest absolute Gasteiger partial charge is 0.549 e. The van der Waals surface area contributed by atoms with Crippen LogP contribution in [0.5, 0.6) is 0 Å². The topological polar surface area (TPSA) is 52.2 Å². The molecule has 1 rings (SSSR count). The summed E-state index contributed by atoms with van der Waals surface area (Å²) in [4.78, 5) is 11.2. The number of hydrogen-bond acceptors (Lipinski definition) is 3. The average Bonchev–Trinajstić information content (AvgIpc) is 2.60. The van der Waals surface area contributed by atoms with Gasteiger partial charge >= 0.3 is 0 Å². The second-order valence-electron chi connectivity index (χ2n) is 4.28. The molecule has 0 aliphatic rings. The van der Waals surface area contributed by atoms with E-state index in [2.05, 4.69) is 34.8 Å². The number of aromatic nitrogens is 2. The van der Waals surface area contributed by atoms with Crippen molar-refractivity contribution in [1.29, 1.82) is 0 Å². The molecule has 0 spiro atoms. The Morgan fingerprint density at radius 2 is 2.12 bits per heavy atom. The molecule has 1 aromatic heterocycles. The lowest BCUT2D eigenvalue weighted by Crippen LogP contribution is -2.33. The molecule has 1 aromatic rings. The molecule has 5 nitrogen and oxygen atoms in total. The van der Waals surface area contributed by atoms with Gasteiger partial charge < -0.3 is 14.8 Å². The lowest BCUT2D eigenvalue weighted by Gasteiger charge is -2.08. The summed E-state index contributed by atoms with van der Waals surface area (Å²) in [6.45, 7) is 3.36. The van der Waals surface area contributed by atoms with Gasteiger partial charge in [-0.3, -0.25) is 0 Å². The fourth-order valence-corrected chi connectivity index (χ4v) is 1.23. The number of carbonyl (C=O) groups is 1. The van der Waals surface area contributed by atoms with Crippen molar-refractivity contribution < 1.29 is 14.5 Å². The molecule has 0 fully saturated rings. The van der Waals surface area contributed by atoms with Gasteiger partial charge in [0.2, 0.25) is 6.33 Å². The molecular formula is C12H23N3O2. The molecule has 0 aromatic carbocycles. The Morgan fingerprint density at radius 3 is 2.41 bits per heavy atom. The number of nitrogens with zero attached hydrogens (tertiary/aromatic N) is 3. The number of rotatable bonds is 5. The van der Waals surface area contributed by atoms with Crippen molar-refractivity contribution >= 4 is 5.97 Å². The molecular weight excluding hydrogens is 218 g/mol. The van der Waals surface area contributed by atoms with Gasteiger partial charge in [0.1, 0.15) is 12.4 Å². The van der Waals surface area contributed by atoms with E-state index >= 15 is 0 Å². The molecule has 0 bridgehead atoms. The molecule has 0 radical (unpaired) electrons. The van der Waals surface area contributed by atoms with Crippen LogP contribution in [0.2, 0.25) is 0 Å². The van der Waals surface area contributed by atoms with Crippen LogP contribution in [-0.4, -0.2) is 36.1 Å². The summed E-state index contributed by atoms with van der Waals surface area (Å²) in [5.74, 6) is -1.04. The Hall–Kier alpha value is -1.36. The van der Waals surface area contributed by atoms with E-state index in [1.165, 1.54) is 17.7 Å². The van der Waals surface area contributed by atoms with Crippen LogP contribution in [0.3, 0.4) is 0 Å². The van der Waals surface area contributed by atoms with Gasteiger partial charge in [-0.1, -0.05) is 13.3 Å². The monoisotopic (exact) mass is 241 g/mol. The number of unbranched alkanes of at least 4 members (excludes halogenated alkanes) is 1. The molecule has 17 heavy (non-hydrogen) atoms. The molecule has 0 N–H and O–H groups in total. The molecule has 1 heterocycles. The number of hydrogen-bond donors (Lipinski definition) is 0. The summed E-state index contributed by atoms with van der Waals surface area (Å²) < 4.78 is 4.28. The van der Waals surface area contributed by atoms with Crippen LogP contribution in [0.4, 0.5) is 0 Å². The Kier molecular flexibility index (Phi) is 8.05. The maximum absolute atomic E-state index is 9.66. The first-order valence-corrected chi connectivity index (χ1v) is 5.81. The number of carbonyl (C=O) groups excluding carboxylic acids is 1. The van der Waals surface area contributed by atoms with E-state index in [4.69, 9.17) is 0 Å². The molecule has 0 saturated carbocycles. The maximum atomic E-state index is 9.66. The van der Waals surface area contributed by atoms with E-state index in [-0.39, 0.29) is 6.54 Å². The van der Waals surface area contributed by atoms with Crippen LogP contribution in [-0.2, 0) is 18.4 Å². The maximum Gasteiger partial charge on any atom is 0.243 e. The summed E-state index contributed by atoms with van der Waals surface area (Å²) in [6.07, 6.45) is 8.82. The van der Waals surface area contributed by atoms with Gasteiger partial charge in [-0.15, -0.1) is 0 Å². The Balaban J connectivity index is 0.000000325. The fourth-order valence-electron chi connectivity index (χ4n) is 1.23. The molecule has 98 valence electrons. The quantitative estimate of drug-likeness (QED) is 0.648. The summed E-state index contributed by atoms with van der Waals surface area (Å²) in [6, 6.07) is 0. The predicted molar refractivity (Wildman–Crippen MR) is 64.1 cm³/mol. The Bertz CT molecular complexity index is 321. The van der Waals surface area contributed by atoms with Crippen LogP contribution >= 0.6 is 0 Å². The first-order chi connectivity index (χ1) is 7.95. The second kappa shape index (κ2) is 8.75. The minimum atomic E-state index is -1.04. The van der Waals surface area contributed by atoms with Gasteiger partial charge in [0.15, 0.2) is 0 Å². The van der Waals surface area contributed by atoms with E-state index in [0.717, 1.165) is 6.54 Å². The zero-order valence-corrected chi connectivity index (χ0v) is 11.2. The van der Waals surface area contributed by atoms with Crippen molar-refractivity contribution in [1.82, 2.24) is 9.47 Å². The van der Waals surface area contributed by atoms with Crippen molar-refractivity contribution in [2.45, 2.75) is 26.3 Å². The first-order valence-electron chi connectivity index (χ1n) is 5.81. The minimum Gasteiger partial charge on any atom is -0.549 e. The summed E-state index contributed by atoms with van der Waals surface area (Å²) in [7, 11) is 5.40. The highest BCUT2D eigenvalue weighted by Gasteiger charge is 1.96. The molecule has 0 saturated heterocycles. The predicted octanol–water partition coefficient (Wildman–Crippen LogP) is -0.589. The zero-order chi connectivity index (χ0) is 13.3. The lowest BCUT2D eigenvalue weighted by atomic mass is 10.3. The highest BCUT2D eigenvalue weighted by atomic mass is 16.4. The Morgan fingerprint density at radius 1 is 1.47 bits per heavy atom. The molecule has 0 unspecified atom stereocenters. The van der Waals surface area contributed by atoms with Crippen LogP contribution in [0.1, 0.15) is 19.8 Å². The number of carboxylic acids is 1. The van der Waals surface area contributed by atoms with E-state index < -0.39 is 5.97 Å². The smallest absolute Gasteiger partial charge is 0.243 e. The number of aryl methyl sites for hydroxylation is 2. The fraction of sp³-hybridized carbons (Fsp3) is 0.667. The number of aliphatic carboxylic acids is 1. The second-order valence-corrected chi connectivity index (χ2v) is 4.28. The van der Waals surface area contributed by atoms with Crippen LogP contribution in [0.15, 0.2) is 18.7 Å². The summed E-state index contributed by atoms with van der Waals surface area (Å²) in [5.41, 5.74) is 0. The SMILES string of the molecule is CCCCn1cc[n+](C)c1.CN(C)CC(=O)[O-]. The van der Waals surface area contributed by atoms with Crippen LogP contribution in [0, 0.1) is 0 Å². The summed E-state index contributed by atoms with van der Waals surface area (Å²) in [5, 5.41) is 9.66. The minimum absolute atomic E-state index is 0. The number of carboxylic acid groups (broad SMARTS) is 1. The molecule has 0 aliphatic carbocycles. The van der Waals surface area contributed by atoms with E-state index in [0.29, 0.717) is 0 Å². The third kappa shape index (κ3) is 9.56. The molecule has 5 heteroatoms. The van der Waals surface area contributed by atoms with E-state index in [9.17, 15) is 9.90 Å². The lowest BCUT2D eigenvalue weighted by molar-refractivity contribution is -0.671. The van der Waals surface area contributed by atoms with Crippen molar-refractivity contribution in [3.05, 3.63) is 18.7 Å². The third-order valence-corrected chi connectivity index (χ3v) is 2.04.